The zero-order valence-electron chi connectivity index (χ0n) is 16.5. The topological polar surface area (TPSA) is 96.7 Å². The molecule has 0 fully saturated rings. The molecule has 0 aliphatic carbocycles. The standard InChI is InChI=1S/C22H20N2O5S2/c25-21-15-30-20-9-8-16(22(26)23-14-17-5-4-11-29-17)13-19(20)24(21)10-12-31(27,28)18-6-2-1-3-7-18/h1-9,11,13H,10,12,14-15H2,(H,23,26). The first-order valence-electron chi connectivity index (χ1n) is 9.60. The van der Waals surface area contributed by atoms with E-state index in [0.717, 1.165) is 4.90 Å². The smallest absolute Gasteiger partial charge is 0.251 e. The lowest BCUT2D eigenvalue weighted by Crippen LogP contribution is -2.39. The van der Waals surface area contributed by atoms with E-state index in [4.69, 9.17) is 4.42 Å². The fourth-order valence-corrected chi connectivity index (χ4v) is 5.37. The second kappa shape index (κ2) is 8.99. The first-order valence-corrected chi connectivity index (χ1v) is 12.2. The van der Waals surface area contributed by atoms with E-state index in [2.05, 4.69) is 5.32 Å². The van der Waals surface area contributed by atoms with E-state index >= 15 is 0 Å². The first-order chi connectivity index (χ1) is 14.9. The van der Waals surface area contributed by atoms with Gasteiger partial charge in [0.25, 0.3) is 5.91 Å². The van der Waals surface area contributed by atoms with Gasteiger partial charge in [-0.1, -0.05) is 18.2 Å². The molecule has 7 nitrogen and oxygen atoms in total. The van der Waals surface area contributed by atoms with Gasteiger partial charge in [-0.2, -0.15) is 0 Å². The number of anilines is 1. The fourth-order valence-electron chi connectivity index (χ4n) is 3.23. The molecule has 3 aromatic rings. The van der Waals surface area contributed by atoms with Crippen molar-refractivity contribution in [3.8, 4) is 0 Å². The normalized spacial score (nSPS) is 13.7. The maximum atomic E-state index is 12.7. The van der Waals surface area contributed by atoms with Crippen molar-refractivity contribution in [2.24, 2.45) is 0 Å². The van der Waals surface area contributed by atoms with Gasteiger partial charge in [0.1, 0.15) is 5.76 Å². The number of nitrogens with one attached hydrogen (secondary N) is 1. The second-order valence-corrected chi connectivity index (χ2v) is 10.0. The molecule has 0 unspecified atom stereocenters. The molecule has 0 radical (unpaired) electrons. The Morgan fingerprint density at radius 2 is 1.90 bits per heavy atom. The molecular weight excluding hydrogens is 436 g/mol. The van der Waals surface area contributed by atoms with Crippen molar-refractivity contribution in [3.05, 3.63) is 78.3 Å². The number of thioether (sulfide) groups is 1. The zero-order chi connectivity index (χ0) is 21.8. The molecule has 0 spiro atoms. The summed E-state index contributed by atoms with van der Waals surface area (Å²) in [5, 5.41) is 2.77. The lowest BCUT2D eigenvalue weighted by molar-refractivity contribution is -0.116. The number of nitrogens with zero attached hydrogens (tertiary/aromatic N) is 1. The minimum atomic E-state index is -3.54. The predicted molar refractivity (Wildman–Crippen MR) is 118 cm³/mol. The first kappa shape index (κ1) is 21.2. The molecule has 0 bridgehead atoms. The van der Waals surface area contributed by atoms with Crippen LogP contribution in [-0.4, -0.2) is 38.3 Å². The van der Waals surface area contributed by atoms with Crippen LogP contribution in [0.25, 0.3) is 0 Å². The zero-order valence-corrected chi connectivity index (χ0v) is 18.1. The van der Waals surface area contributed by atoms with Gasteiger partial charge in [-0.3, -0.25) is 9.59 Å². The van der Waals surface area contributed by atoms with Crippen LogP contribution in [0.1, 0.15) is 16.1 Å². The minimum Gasteiger partial charge on any atom is -0.467 e. The van der Waals surface area contributed by atoms with Crippen molar-refractivity contribution >= 4 is 39.1 Å². The van der Waals surface area contributed by atoms with Crippen LogP contribution in [0, 0.1) is 0 Å². The average Bonchev–Trinajstić information content (AvgIpc) is 3.31. The number of benzene rings is 2. The molecule has 0 atom stereocenters. The quantitative estimate of drug-likeness (QED) is 0.587. The number of carbonyl (C=O) groups is 2. The molecular formula is C22H20N2O5S2. The van der Waals surface area contributed by atoms with Crippen LogP contribution in [0.3, 0.4) is 0 Å². The number of sulfone groups is 1. The van der Waals surface area contributed by atoms with Crippen LogP contribution < -0.4 is 10.2 Å². The van der Waals surface area contributed by atoms with Crippen molar-refractivity contribution in [1.82, 2.24) is 5.32 Å². The summed E-state index contributed by atoms with van der Waals surface area (Å²) in [7, 11) is -3.54. The van der Waals surface area contributed by atoms with Gasteiger partial charge in [0, 0.05) is 17.0 Å². The maximum absolute atomic E-state index is 12.7. The van der Waals surface area contributed by atoms with E-state index in [-0.39, 0.29) is 41.3 Å². The van der Waals surface area contributed by atoms with Gasteiger partial charge < -0.3 is 14.6 Å². The molecule has 31 heavy (non-hydrogen) atoms. The Hall–Kier alpha value is -3.04. The molecule has 2 amide bonds. The van der Waals surface area contributed by atoms with Gasteiger partial charge in [0.2, 0.25) is 5.91 Å². The fraction of sp³-hybridized carbons (Fsp3) is 0.182. The van der Waals surface area contributed by atoms with E-state index in [1.807, 2.05) is 0 Å². The molecule has 0 saturated carbocycles. The van der Waals surface area contributed by atoms with Gasteiger partial charge in [-0.25, -0.2) is 8.42 Å². The monoisotopic (exact) mass is 456 g/mol. The van der Waals surface area contributed by atoms with Gasteiger partial charge in [-0.05, 0) is 42.5 Å². The van der Waals surface area contributed by atoms with Crippen LogP contribution in [0.5, 0.6) is 0 Å². The summed E-state index contributed by atoms with van der Waals surface area (Å²) >= 11 is 1.37. The summed E-state index contributed by atoms with van der Waals surface area (Å²) in [5.74, 6) is 0.155. The second-order valence-electron chi connectivity index (χ2n) is 6.91. The third kappa shape index (κ3) is 4.83. The molecule has 1 aromatic heterocycles. The summed E-state index contributed by atoms with van der Waals surface area (Å²) < 4.78 is 30.5. The highest BCUT2D eigenvalue weighted by Gasteiger charge is 2.27. The molecule has 160 valence electrons. The van der Waals surface area contributed by atoms with Crippen LogP contribution >= 0.6 is 11.8 Å². The summed E-state index contributed by atoms with van der Waals surface area (Å²) in [6, 6.07) is 16.8. The third-order valence-corrected chi connectivity index (χ3v) is 7.61. The Morgan fingerprint density at radius 1 is 1.10 bits per heavy atom. The number of fused-ring (bicyclic) bond motifs is 1. The molecule has 9 heteroatoms. The summed E-state index contributed by atoms with van der Waals surface area (Å²) in [5.41, 5.74) is 0.937. The van der Waals surface area contributed by atoms with Crippen molar-refractivity contribution < 1.29 is 22.4 Å². The number of hydrogen-bond donors (Lipinski definition) is 1. The number of carbonyl (C=O) groups excluding carboxylic acids is 2. The SMILES string of the molecule is O=C(NCc1ccco1)c1ccc2c(c1)N(CCS(=O)(=O)c1ccccc1)C(=O)CS2. The van der Waals surface area contributed by atoms with Crippen LogP contribution in [0.2, 0.25) is 0 Å². The van der Waals surface area contributed by atoms with Gasteiger partial charge in [-0.15, -0.1) is 11.8 Å². The predicted octanol–water partition coefficient (Wildman–Crippen LogP) is 3.12. The molecule has 2 heterocycles. The lowest BCUT2D eigenvalue weighted by Gasteiger charge is -2.29. The minimum absolute atomic E-state index is 0.0150. The largest absolute Gasteiger partial charge is 0.467 e. The summed E-state index contributed by atoms with van der Waals surface area (Å²) in [6.07, 6.45) is 1.53. The number of hydrogen-bond acceptors (Lipinski definition) is 6. The van der Waals surface area contributed by atoms with E-state index in [0.29, 0.717) is 17.0 Å². The third-order valence-electron chi connectivity index (χ3n) is 4.85. The molecule has 2 aromatic carbocycles. The Morgan fingerprint density at radius 3 is 2.65 bits per heavy atom. The van der Waals surface area contributed by atoms with Crippen LogP contribution in [-0.2, 0) is 21.2 Å². The van der Waals surface area contributed by atoms with Gasteiger partial charge >= 0.3 is 0 Å². The van der Waals surface area contributed by atoms with Crippen molar-refractivity contribution in [1.29, 1.82) is 0 Å². The average molecular weight is 457 g/mol. The highest BCUT2D eigenvalue weighted by atomic mass is 32.2. The number of rotatable bonds is 7. The molecule has 1 aliphatic heterocycles. The van der Waals surface area contributed by atoms with Gasteiger partial charge in [0.05, 0.1) is 34.9 Å². The number of amides is 2. The van der Waals surface area contributed by atoms with Crippen LogP contribution in [0.15, 0.2) is 81.1 Å². The highest BCUT2D eigenvalue weighted by Crippen LogP contribution is 2.36. The molecule has 0 saturated heterocycles. The summed E-state index contributed by atoms with van der Waals surface area (Å²) in [6.45, 7) is 0.261. The highest BCUT2D eigenvalue weighted by molar-refractivity contribution is 8.00. The Bertz CT molecular complexity index is 1190. The Balaban J connectivity index is 1.52. The lowest BCUT2D eigenvalue weighted by atomic mass is 10.1. The summed E-state index contributed by atoms with van der Waals surface area (Å²) in [4.78, 5) is 27.6. The van der Waals surface area contributed by atoms with Crippen LogP contribution in [0.4, 0.5) is 5.69 Å². The van der Waals surface area contributed by atoms with Crippen molar-refractivity contribution in [2.75, 3.05) is 23.0 Å². The van der Waals surface area contributed by atoms with E-state index in [9.17, 15) is 18.0 Å². The molecule has 1 N–H and O–H groups in total. The molecule has 4 rings (SSSR count). The van der Waals surface area contributed by atoms with E-state index in [1.54, 1.807) is 60.7 Å². The maximum Gasteiger partial charge on any atom is 0.251 e. The van der Waals surface area contributed by atoms with Crippen molar-refractivity contribution in [3.63, 3.8) is 0 Å². The Kier molecular flexibility index (Phi) is 6.15. The van der Waals surface area contributed by atoms with E-state index in [1.165, 1.54) is 22.9 Å². The van der Waals surface area contributed by atoms with Gasteiger partial charge in [0.15, 0.2) is 9.84 Å². The molecule has 1 aliphatic rings. The number of furan rings is 1. The van der Waals surface area contributed by atoms with Crippen molar-refractivity contribution in [2.45, 2.75) is 16.3 Å². The van der Waals surface area contributed by atoms with E-state index < -0.39 is 9.84 Å². The Labute approximate surface area is 184 Å².